The number of carbonyl (C=O) groups excluding carboxylic acids is 2. The number of para-hydroxylation sites is 1. The zero-order chi connectivity index (χ0) is 24.8. The molecule has 2 aromatic carbocycles. The Morgan fingerprint density at radius 1 is 1.14 bits per heavy atom. The van der Waals surface area contributed by atoms with Crippen LogP contribution in [0.4, 0.5) is 4.39 Å². The molecule has 182 valence electrons. The third kappa shape index (κ3) is 5.58. The van der Waals surface area contributed by atoms with Crippen LogP contribution in [-0.2, 0) is 9.53 Å². The van der Waals surface area contributed by atoms with Gasteiger partial charge in [-0.25, -0.2) is 9.40 Å². The second-order valence-electron chi connectivity index (χ2n) is 7.95. The summed E-state index contributed by atoms with van der Waals surface area (Å²) in [5.41, 5.74) is 1.79. The molecule has 7 nitrogen and oxygen atoms in total. The molecule has 3 aromatic rings. The summed E-state index contributed by atoms with van der Waals surface area (Å²) in [5.74, 6) is -0.668. The predicted molar refractivity (Wildman–Crippen MR) is 132 cm³/mol. The Bertz CT molecular complexity index is 1210. The quantitative estimate of drug-likeness (QED) is 0.442. The minimum Gasteiger partial charge on any atom is -0.496 e. The fourth-order valence-electron chi connectivity index (χ4n) is 4.01. The lowest BCUT2D eigenvalue weighted by Gasteiger charge is -2.27. The first kappa shape index (κ1) is 24.6. The van der Waals surface area contributed by atoms with Crippen LogP contribution in [0.1, 0.15) is 33.3 Å². The van der Waals surface area contributed by atoms with Crippen molar-refractivity contribution in [2.75, 3.05) is 33.9 Å². The van der Waals surface area contributed by atoms with E-state index in [2.05, 4.69) is 5.10 Å². The minimum absolute atomic E-state index is 0.166. The number of halogens is 1. The molecule has 0 spiro atoms. The maximum Gasteiger partial charge on any atom is 0.262 e. The molecule has 1 aliphatic heterocycles. The van der Waals surface area contributed by atoms with E-state index in [1.54, 1.807) is 18.4 Å². The van der Waals surface area contributed by atoms with Gasteiger partial charge in [0.25, 0.3) is 11.8 Å². The standard InChI is InChI=1S/C26H26FN3O4S/c1-33-13-12-29(26(32)18-7-5-8-19(27)15-18)17-25(31)30-22(20-9-3-4-10-23(20)34-2)16-21(28-30)24-11-6-14-35-24/h3-11,14-15,22H,12-13,16-17H2,1-2H3/t22-/m1/s1. The zero-order valence-electron chi connectivity index (χ0n) is 19.5. The van der Waals surface area contributed by atoms with E-state index in [0.29, 0.717) is 12.2 Å². The molecule has 1 aliphatic rings. The molecule has 0 N–H and O–H groups in total. The van der Waals surface area contributed by atoms with Gasteiger partial charge in [0.1, 0.15) is 18.1 Å². The van der Waals surface area contributed by atoms with Gasteiger partial charge in [-0.1, -0.05) is 30.3 Å². The van der Waals surface area contributed by atoms with Crippen LogP contribution >= 0.6 is 11.3 Å². The minimum atomic E-state index is -0.519. The van der Waals surface area contributed by atoms with Gasteiger partial charge in [0.15, 0.2) is 0 Å². The monoisotopic (exact) mass is 495 g/mol. The maximum absolute atomic E-state index is 13.7. The largest absolute Gasteiger partial charge is 0.496 e. The lowest BCUT2D eigenvalue weighted by molar-refractivity contribution is -0.133. The van der Waals surface area contributed by atoms with E-state index in [4.69, 9.17) is 9.47 Å². The Morgan fingerprint density at radius 3 is 2.69 bits per heavy atom. The van der Waals surface area contributed by atoms with Gasteiger partial charge in [-0.15, -0.1) is 11.3 Å². The van der Waals surface area contributed by atoms with Gasteiger partial charge in [0.2, 0.25) is 0 Å². The molecule has 0 aliphatic carbocycles. The number of ether oxygens (including phenoxy) is 2. The topological polar surface area (TPSA) is 71.4 Å². The molecule has 9 heteroatoms. The average Bonchev–Trinajstić information content (AvgIpc) is 3.56. The smallest absolute Gasteiger partial charge is 0.262 e. The Balaban J connectivity index is 1.63. The second-order valence-corrected chi connectivity index (χ2v) is 8.90. The van der Waals surface area contributed by atoms with Crippen LogP contribution in [0.15, 0.2) is 71.1 Å². The highest BCUT2D eigenvalue weighted by atomic mass is 32.1. The Hall–Kier alpha value is -3.56. The molecule has 1 aromatic heterocycles. The third-order valence-electron chi connectivity index (χ3n) is 5.72. The van der Waals surface area contributed by atoms with Crippen molar-refractivity contribution in [3.63, 3.8) is 0 Å². The van der Waals surface area contributed by atoms with Crippen LogP contribution < -0.4 is 4.74 Å². The predicted octanol–water partition coefficient (Wildman–Crippen LogP) is 4.36. The number of hydrogen-bond acceptors (Lipinski definition) is 6. The van der Waals surface area contributed by atoms with E-state index >= 15 is 0 Å². The Morgan fingerprint density at radius 2 is 1.97 bits per heavy atom. The first-order valence-electron chi connectivity index (χ1n) is 11.1. The van der Waals surface area contributed by atoms with Crippen LogP contribution in [0.3, 0.4) is 0 Å². The van der Waals surface area contributed by atoms with Crippen LogP contribution in [-0.4, -0.2) is 61.4 Å². The fourth-order valence-corrected chi connectivity index (χ4v) is 4.73. The van der Waals surface area contributed by atoms with Crippen LogP contribution in [0.2, 0.25) is 0 Å². The highest BCUT2D eigenvalue weighted by Gasteiger charge is 2.36. The van der Waals surface area contributed by atoms with Gasteiger partial charge in [-0.3, -0.25) is 9.59 Å². The molecule has 0 bridgehead atoms. The van der Waals surface area contributed by atoms with E-state index in [0.717, 1.165) is 22.2 Å². The molecule has 2 amide bonds. The van der Waals surface area contributed by atoms with Crippen molar-refractivity contribution in [1.29, 1.82) is 0 Å². The molecule has 0 saturated heterocycles. The summed E-state index contributed by atoms with van der Waals surface area (Å²) in [6.45, 7) is 0.172. The summed E-state index contributed by atoms with van der Waals surface area (Å²) >= 11 is 1.55. The van der Waals surface area contributed by atoms with Crippen molar-refractivity contribution in [2.45, 2.75) is 12.5 Å². The molecule has 1 atom stereocenters. The van der Waals surface area contributed by atoms with Crippen molar-refractivity contribution >= 4 is 28.9 Å². The molecule has 0 saturated carbocycles. The van der Waals surface area contributed by atoms with Gasteiger partial charge < -0.3 is 14.4 Å². The highest BCUT2D eigenvalue weighted by Crippen LogP contribution is 2.38. The van der Waals surface area contributed by atoms with E-state index in [1.165, 1.54) is 35.2 Å². The summed E-state index contributed by atoms with van der Waals surface area (Å²) in [6.07, 6.45) is 0.516. The number of carbonyl (C=O) groups is 2. The fraction of sp³-hybridized carbons (Fsp3) is 0.269. The summed E-state index contributed by atoms with van der Waals surface area (Å²) in [4.78, 5) is 29.1. The summed E-state index contributed by atoms with van der Waals surface area (Å²) in [7, 11) is 3.10. The molecule has 0 unspecified atom stereocenters. The number of rotatable bonds is 9. The number of thiophene rings is 1. The molecule has 2 heterocycles. The first-order chi connectivity index (χ1) is 17.0. The van der Waals surface area contributed by atoms with Crippen molar-refractivity contribution in [3.8, 4) is 5.75 Å². The zero-order valence-corrected chi connectivity index (χ0v) is 20.3. The molecule has 0 fully saturated rings. The van der Waals surface area contributed by atoms with E-state index < -0.39 is 11.7 Å². The lowest BCUT2D eigenvalue weighted by Crippen LogP contribution is -2.42. The van der Waals surface area contributed by atoms with Crippen LogP contribution in [0, 0.1) is 5.82 Å². The van der Waals surface area contributed by atoms with Gasteiger partial charge >= 0.3 is 0 Å². The van der Waals surface area contributed by atoms with Crippen LogP contribution in [0.5, 0.6) is 5.75 Å². The van der Waals surface area contributed by atoms with Gasteiger partial charge in [0.05, 0.1) is 30.3 Å². The molecule has 4 rings (SSSR count). The van der Waals surface area contributed by atoms with E-state index in [1.807, 2.05) is 41.8 Å². The lowest BCUT2D eigenvalue weighted by atomic mass is 10.00. The Labute approximate surface area is 207 Å². The van der Waals surface area contributed by atoms with Crippen LogP contribution in [0.25, 0.3) is 0 Å². The number of hydrazone groups is 1. The van der Waals surface area contributed by atoms with Gasteiger partial charge in [-0.05, 0) is 35.7 Å². The number of amides is 2. The van der Waals surface area contributed by atoms with E-state index in [9.17, 15) is 14.0 Å². The first-order valence-corrected chi connectivity index (χ1v) is 12.0. The van der Waals surface area contributed by atoms with Gasteiger partial charge in [-0.2, -0.15) is 5.10 Å². The average molecular weight is 496 g/mol. The summed E-state index contributed by atoms with van der Waals surface area (Å²) in [6, 6.07) is 16.5. The number of hydrogen-bond donors (Lipinski definition) is 0. The van der Waals surface area contributed by atoms with Crippen molar-refractivity contribution in [2.24, 2.45) is 5.10 Å². The second kappa shape index (κ2) is 11.2. The SMILES string of the molecule is COCCN(CC(=O)N1N=C(c2cccs2)C[C@@H]1c1ccccc1OC)C(=O)c1cccc(F)c1. The molecular weight excluding hydrogens is 469 g/mol. The molecule has 35 heavy (non-hydrogen) atoms. The molecular formula is C26H26FN3O4S. The number of nitrogens with zero attached hydrogens (tertiary/aromatic N) is 3. The highest BCUT2D eigenvalue weighted by molar-refractivity contribution is 7.12. The van der Waals surface area contributed by atoms with Crippen molar-refractivity contribution in [1.82, 2.24) is 9.91 Å². The Kier molecular flexibility index (Phi) is 7.89. The molecule has 0 radical (unpaired) electrons. The summed E-state index contributed by atoms with van der Waals surface area (Å²) < 4.78 is 24.4. The third-order valence-corrected chi connectivity index (χ3v) is 6.64. The van der Waals surface area contributed by atoms with Gasteiger partial charge in [0, 0.05) is 31.2 Å². The normalized spacial score (nSPS) is 15.1. The van der Waals surface area contributed by atoms with Crippen molar-refractivity contribution in [3.05, 3.63) is 87.9 Å². The number of benzene rings is 2. The van der Waals surface area contributed by atoms with Crippen molar-refractivity contribution < 1.29 is 23.5 Å². The van der Waals surface area contributed by atoms with E-state index in [-0.39, 0.29) is 37.2 Å². The number of methoxy groups -OCH3 is 2. The summed E-state index contributed by atoms with van der Waals surface area (Å²) in [5, 5.41) is 8.07. The maximum atomic E-state index is 13.7.